The molecule has 6 atom stereocenters. The second-order valence-corrected chi connectivity index (χ2v) is 16.9. The Morgan fingerprint density at radius 2 is 1.55 bits per heavy atom. The number of amides is 3. The molecule has 5 rings (SSSR count). The SMILES string of the molecule is Cc1cc(C)c(C(=O)OCOC(=O)N(CC(=O)Nc2cc(N(C)C)c3c(c2O)C(=O)C2C(=O)[C@]4(O)C(=O)C(C(N)=O)C(=O)[C@@H](N(C)C)[C@@H]4C[C@@H]2C3)C(C)(C)C)c(C)c1. The number of ketones is 4. The van der Waals surface area contributed by atoms with Crippen molar-refractivity contribution in [2.45, 2.75) is 71.6 Å². The number of phenolic OH excluding ortho intramolecular Hbond substituents is 1. The molecule has 3 aliphatic carbocycles. The van der Waals surface area contributed by atoms with Crippen LogP contribution in [-0.2, 0) is 39.9 Å². The number of nitrogens with two attached hydrogens (primary N) is 1. The first-order chi connectivity index (χ1) is 26.8. The Kier molecular flexibility index (Phi) is 11.7. The number of esters is 1. The fourth-order valence-electron chi connectivity index (χ4n) is 8.84. The number of aliphatic hydroxyl groups is 1. The number of fused-ring (bicyclic) bond motifs is 3. The lowest BCUT2D eigenvalue weighted by Gasteiger charge is -2.52. The average Bonchev–Trinajstić information content (AvgIpc) is 3.08. The van der Waals surface area contributed by atoms with E-state index in [1.807, 2.05) is 19.1 Å². The first-order valence-corrected chi connectivity index (χ1v) is 18.7. The second-order valence-electron chi connectivity index (χ2n) is 16.9. The number of likely N-dealkylation sites (N-methyl/N-ethyl adjacent to an activating group) is 1. The maximum Gasteiger partial charge on any atom is 0.413 e. The Bertz CT molecular complexity index is 2120. The minimum atomic E-state index is -2.90. The van der Waals surface area contributed by atoms with E-state index in [9.17, 15) is 48.6 Å². The molecule has 0 bridgehead atoms. The number of hydrogen-bond acceptors (Lipinski definition) is 14. The van der Waals surface area contributed by atoms with Crippen molar-refractivity contribution in [3.8, 4) is 5.75 Å². The van der Waals surface area contributed by atoms with Gasteiger partial charge in [0.25, 0.3) is 0 Å². The van der Waals surface area contributed by atoms with Gasteiger partial charge in [-0.1, -0.05) is 17.7 Å². The van der Waals surface area contributed by atoms with Crippen LogP contribution in [0.3, 0.4) is 0 Å². The molecule has 0 heterocycles. The highest BCUT2D eigenvalue weighted by Crippen LogP contribution is 2.52. The largest absolute Gasteiger partial charge is 0.505 e. The Morgan fingerprint density at radius 3 is 2.09 bits per heavy atom. The molecule has 3 amide bonds. The van der Waals surface area contributed by atoms with Crippen LogP contribution in [0.15, 0.2) is 18.2 Å². The first-order valence-electron chi connectivity index (χ1n) is 18.7. The highest BCUT2D eigenvalue weighted by molar-refractivity contribution is 6.32. The molecule has 58 heavy (non-hydrogen) atoms. The summed E-state index contributed by atoms with van der Waals surface area (Å²) >= 11 is 0. The zero-order valence-electron chi connectivity index (χ0n) is 34.3. The summed E-state index contributed by atoms with van der Waals surface area (Å²) in [6.07, 6.45) is -1.10. The third-order valence-electron chi connectivity index (χ3n) is 11.4. The summed E-state index contributed by atoms with van der Waals surface area (Å²) in [6.45, 7) is 8.99. The number of hydrogen-bond donors (Lipinski definition) is 4. The van der Waals surface area contributed by atoms with Crippen LogP contribution in [0.2, 0.25) is 0 Å². The van der Waals surface area contributed by atoms with E-state index in [4.69, 9.17) is 15.2 Å². The van der Waals surface area contributed by atoms with Gasteiger partial charge >= 0.3 is 12.1 Å². The second kappa shape index (κ2) is 15.6. The van der Waals surface area contributed by atoms with Crippen molar-refractivity contribution in [2.24, 2.45) is 29.4 Å². The topological polar surface area (TPSA) is 243 Å². The fourth-order valence-corrected chi connectivity index (χ4v) is 8.84. The first kappa shape index (κ1) is 43.4. The third kappa shape index (κ3) is 7.43. The molecule has 2 unspecified atom stereocenters. The molecule has 17 heteroatoms. The fraction of sp³-hybridized carbons (Fsp3) is 0.512. The number of Topliss-reactive ketones (excluding diaryl/α,β-unsaturated/α-hetero) is 4. The van der Waals surface area contributed by atoms with Crippen molar-refractivity contribution in [3.05, 3.63) is 51.6 Å². The number of aromatic hydroxyl groups is 1. The lowest BCUT2D eigenvalue weighted by molar-refractivity contribution is -0.181. The van der Waals surface area contributed by atoms with Gasteiger partial charge in [0.2, 0.25) is 18.6 Å². The number of ether oxygens (including phenoxy) is 2. The molecule has 5 N–H and O–H groups in total. The Hall–Kier alpha value is -5.68. The molecule has 0 spiro atoms. The predicted octanol–water partition coefficient (Wildman–Crippen LogP) is 1.85. The van der Waals surface area contributed by atoms with Crippen molar-refractivity contribution < 1.29 is 58.0 Å². The lowest BCUT2D eigenvalue weighted by Crippen LogP contribution is -2.74. The van der Waals surface area contributed by atoms with E-state index in [0.29, 0.717) is 27.9 Å². The average molecular weight is 806 g/mol. The monoisotopic (exact) mass is 805 g/mol. The smallest absolute Gasteiger partial charge is 0.413 e. The molecule has 0 aromatic heterocycles. The van der Waals surface area contributed by atoms with E-state index < -0.39 is 107 Å². The molecule has 3 aliphatic rings. The molecular weight excluding hydrogens is 754 g/mol. The van der Waals surface area contributed by atoms with Crippen molar-refractivity contribution in [3.63, 3.8) is 0 Å². The van der Waals surface area contributed by atoms with Crippen LogP contribution < -0.4 is 16.0 Å². The number of aryl methyl sites for hydroxylation is 3. The maximum atomic E-state index is 14.4. The van der Waals surface area contributed by atoms with Crippen LogP contribution >= 0.6 is 0 Å². The van der Waals surface area contributed by atoms with Gasteiger partial charge in [-0.25, -0.2) is 9.59 Å². The molecule has 0 aliphatic heterocycles. The van der Waals surface area contributed by atoms with Crippen molar-refractivity contribution in [2.75, 3.05) is 51.7 Å². The van der Waals surface area contributed by atoms with Crippen molar-refractivity contribution >= 4 is 58.4 Å². The molecule has 0 saturated heterocycles. The van der Waals surface area contributed by atoms with Crippen LogP contribution in [0.1, 0.15) is 70.2 Å². The van der Waals surface area contributed by atoms with Crippen LogP contribution in [0.4, 0.5) is 16.2 Å². The minimum Gasteiger partial charge on any atom is -0.505 e. The van der Waals surface area contributed by atoms with Crippen LogP contribution in [-0.4, -0.2) is 126 Å². The zero-order valence-corrected chi connectivity index (χ0v) is 34.3. The number of carbonyl (C=O) groups is 8. The zero-order chi connectivity index (χ0) is 43.5. The van der Waals surface area contributed by atoms with Gasteiger partial charge in [-0.15, -0.1) is 0 Å². The molecule has 2 aromatic rings. The molecule has 2 fully saturated rings. The van der Waals surface area contributed by atoms with E-state index in [0.717, 1.165) is 10.5 Å². The number of phenols is 1. The molecule has 312 valence electrons. The van der Waals surface area contributed by atoms with E-state index in [2.05, 4.69) is 5.32 Å². The number of benzene rings is 2. The summed E-state index contributed by atoms with van der Waals surface area (Å²) in [7, 11) is 6.33. The van der Waals surface area contributed by atoms with Crippen molar-refractivity contribution in [1.29, 1.82) is 0 Å². The van der Waals surface area contributed by atoms with Gasteiger partial charge in [0.1, 0.15) is 12.3 Å². The highest BCUT2D eigenvalue weighted by atomic mass is 16.7. The third-order valence-corrected chi connectivity index (χ3v) is 11.4. The van der Waals surface area contributed by atoms with E-state index >= 15 is 0 Å². The summed E-state index contributed by atoms with van der Waals surface area (Å²) in [5.41, 5.74) is 4.37. The van der Waals surface area contributed by atoms with Gasteiger partial charge in [0.05, 0.1) is 28.8 Å². The number of nitrogens with one attached hydrogen (secondary N) is 1. The Morgan fingerprint density at radius 1 is 0.948 bits per heavy atom. The number of carbonyl (C=O) groups excluding carboxylic acids is 8. The van der Waals surface area contributed by atoms with Crippen LogP contribution in [0, 0.1) is 44.4 Å². The maximum absolute atomic E-state index is 14.4. The van der Waals surface area contributed by atoms with Gasteiger partial charge in [-0.05, 0) is 97.2 Å². The summed E-state index contributed by atoms with van der Waals surface area (Å²) in [5.74, 6) is -13.7. The van der Waals surface area contributed by atoms with Crippen LogP contribution in [0.25, 0.3) is 0 Å². The molecule has 0 radical (unpaired) electrons. The van der Waals surface area contributed by atoms with Gasteiger partial charge in [0, 0.05) is 31.2 Å². The predicted molar refractivity (Wildman–Crippen MR) is 208 cm³/mol. The summed E-state index contributed by atoms with van der Waals surface area (Å²) < 4.78 is 10.5. The molecular formula is C41H51N5O12. The molecule has 2 aromatic carbocycles. The van der Waals surface area contributed by atoms with E-state index in [-0.39, 0.29) is 24.1 Å². The van der Waals surface area contributed by atoms with Crippen LogP contribution in [0.5, 0.6) is 5.75 Å². The minimum absolute atomic E-state index is 0.0123. The summed E-state index contributed by atoms with van der Waals surface area (Å²) in [5, 5.41) is 26.1. The molecule has 2 saturated carbocycles. The number of primary amides is 1. The quantitative estimate of drug-likeness (QED) is 0.122. The van der Waals surface area contributed by atoms with E-state index in [1.54, 1.807) is 53.6 Å². The van der Waals surface area contributed by atoms with Gasteiger partial charge in [-0.2, -0.15) is 0 Å². The number of rotatable bonds is 9. The van der Waals surface area contributed by atoms with Crippen molar-refractivity contribution in [1.82, 2.24) is 9.80 Å². The highest BCUT2D eigenvalue weighted by Gasteiger charge is 2.69. The Balaban J connectivity index is 1.40. The summed E-state index contributed by atoms with van der Waals surface area (Å²) in [6, 6.07) is 3.84. The normalized spacial score (nSPS) is 24.0. The van der Waals surface area contributed by atoms with Gasteiger partial charge in [-0.3, -0.25) is 38.6 Å². The van der Waals surface area contributed by atoms with Gasteiger partial charge in [0.15, 0.2) is 34.7 Å². The number of anilines is 2. The van der Waals surface area contributed by atoms with E-state index in [1.165, 1.54) is 25.1 Å². The Labute approximate surface area is 335 Å². The number of nitrogens with zero attached hydrogens (tertiary/aromatic N) is 3. The summed E-state index contributed by atoms with van der Waals surface area (Å²) in [4.78, 5) is 112. The molecule has 17 nitrogen and oxygen atoms in total. The lowest BCUT2D eigenvalue weighted by atomic mass is 9.52. The standard InChI is InChI=1S/C41H51N5O12/c1-18-11-19(2)27(20(3)12-18)38(54)57-17-58-39(55)46(40(4,5)6)16-26(47)43-24-15-25(44(7)8)22-13-21-14-23-31(45(9)10)34(50)30(37(42)53)36(52)41(23,56)35(51)28(21)33(49)29(22)32(24)48/h11-12,15,21,23,28,30-31,48,56H,13-14,16-17H2,1-10H3,(H2,42,53)(H,43,47)/t21-,23-,28?,30?,31-,41-/m0/s1. The van der Waals surface area contributed by atoms with Gasteiger partial charge < -0.3 is 35.6 Å².